The molecule has 0 radical (unpaired) electrons. The van der Waals surface area contributed by atoms with E-state index >= 15 is 0 Å². The second-order valence-electron chi connectivity index (χ2n) is 9.77. The Morgan fingerprint density at radius 2 is 1.73 bits per heavy atom. The van der Waals surface area contributed by atoms with Crippen LogP contribution in [0.25, 0.3) is 0 Å². The number of hydrogen-bond donors (Lipinski definition) is 0. The van der Waals surface area contributed by atoms with Crippen LogP contribution in [0.3, 0.4) is 0 Å². The van der Waals surface area contributed by atoms with Crippen LogP contribution in [0, 0.1) is 11.3 Å². The molecule has 0 spiro atoms. The minimum atomic E-state index is -0.429. The molecule has 30 heavy (non-hydrogen) atoms. The molecule has 3 aliphatic heterocycles. The highest BCUT2D eigenvalue weighted by Crippen LogP contribution is 2.54. The average molecular weight is 411 g/mol. The molecule has 1 aliphatic carbocycles. The van der Waals surface area contributed by atoms with Crippen molar-refractivity contribution in [2.45, 2.75) is 76.4 Å². The van der Waals surface area contributed by atoms with E-state index in [-0.39, 0.29) is 12.0 Å². The summed E-state index contributed by atoms with van der Waals surface area (Å²) in [6, 6.07) is 11.6. The van der Waals surface area contributed by atoms with Crippen LogP contribution in [0.2, 0.25) is 0 Å². The molecule has 1 aromatic rings. The summed E-state index contributed by atoms with van der Waals surface area (Å²) in [5, 5.41) is 0. The molecule has 1 aromatic carbocycles. The van der Waals surface area contributed by atoms with Gasteiger partial charge in [-0.15, -0.1) is 0 Å². The van der Waals surface area contributed by atoms with Crippen LogP contribution in [0.4, 0.5) is 0 Å². The molecule has 4 aliphatic rings. The summed E-state index contributed by atoms with van der Waals surface area (Å²) in [4.78, 5) is 30.5. The number of amides is 1. The maximum Gasteiger partial charge on any atom is 0.314 e. The summed E-state index contributed by atoms with van der Waals surface area (Å²) in [7, 11) is 0. The first-order chi connectivity index (χ1) is 14.6. The molecule has 4 fully saturated rings. The standard InChI is InChI=1S/C25H34N2O3/c1-2-30-24(29)25(16-18-6-4-3-5-7-18)17-21-10-11-22(25)27(21)20-12-14-26(15-13-20)23(28)19-8-9-19/h3-7,19-22H,2,8-17H2,1H3/t21-,22+,25+/m1/s1. The lowest BCUT2D eigenvalue weighted by Crippen LogP contribution is -2.52. The maximum absolute atomic E-state index is 13.3. The van der Waals surface area contributed by atoms with Gasteiger partial charge in [0.2, 0.25) is 5.91 Å². The van der Waals surface area contributed by atoms with Crippen molar-refractivity contribution < 1.29 is 14.3 Å². The number of likely N-dealkylation sites (tertiary alicyclic amines) is 1. The first-order valence-corrected chi connectivity index (χ1v) is 11.9. The van der Waals surface area contributed by atoms with Gasteiger partial charge in [0.05, 0.1) is 12.0 Å². The fourth-order valence-corrected chi connectivity index (χ4v) is 6.47. The highest BCUT2D eigenvalue weighted by Gasteiger charge is 2.61. The van der Waals surface area contributed by atoms with Gasteiger partial charge >= 0.3 is 5.97 Å². The van der Waals surface area contributed by atoms with Crippen LogP contribution in [0.15, 0.2) is 30.3 Å². The van der Waals surface area contributed by atoms with E-state index in [2.05, 4.69) is 34.1 Å². The number of ether oxygens (including phenoxy) is 1. The predicted octanol–water partition coefficient (Wildman–Crippen LogP) is 3.42. The van der Waals surface area contributed by atoms with E-state index in [0.29, 0.717) is 30.5 Å². The Balaban J connectivity index is 1.34. The second kappa shape index (κ2) is 7.99. The normalized spacial score (nSPS) is 31.8. The van der Waals surface area contributed by atoms with Crippen molar-refractivity contribution in [3.8, 4) is 0 Å². The second-order valence-corrected chi connectivity index (χ2v) is 9.77. The van der Waals surface area contributed by atoms with E-state index in [1.807, 2.05) is 13.0 Å². The molecule has 1 saturated carbocycles. The van der Waals surface area contributed by atoms with Gasteiger partial charge in [0.25, 0.3) is 0 Å². The number of nitrogens with zero attached hydrogens (tertiary/aromatic N) is 2. The van der Waals surface area contributed by atoms with Crippen molar-refractivity contribution in [2.24, 2.45) is 11.3 Å². The minimum Gasteiger partial charge on any atom is -0.466 e. The van der Waals surface area contributed by atoms with Gasteiger partial charge in [0.15, 0.2) is 0 Å². The number of hydrogen-bond acceptors (Lipinski definition) is 4. The first kappa shape index (κ1) is 20.0. The predicted molar refractivity (Wildman–Crippen MR) is 115 cm³/mol. The molecule has 3 heterocycles. The molecular weight excluding hydrogens is 376 g/mol. The van der Waals surface area contributed by atoms with Crippen molar-refractivity contribution in [3.63, 3.8) is 0 Å². The quantitative estimate of drug-likeness (QED) is 0.675. The number of carbonyl (C=O) groups excluding carboxylic acids is 2. The van der Waals surface area contributed by atoms with Gasteiger partial charge < -0.3 is 9.64 Å². The molecule has 162 valence electrons. The van der Waals surface area contributed by atoms with E-state index < -0.39 is 5.41 Å². The zero-order valence-electron chi connectivity index (χ0n) is 18.1. The lowest BCUT2D eigenvalue weighted by molar-refractivity contribution is -0.157. The van der Waals surface area contributed by atoms with Gasteiger partial charge in [0, 0.05) is 37.1 Å². The summed E-state index contributed by atoms with van der Waals surface area (Å²) < 4.78 is 5.65. The number of fused-ring (bicyclic) bond motifs is 2. The molecule has 0 aromatic heterocycles. The van der Waals surface area contributed by atoms with E-state index in [9.17, 15) is 9.59 Å². The van der Waals surface area contributed by atoms with Crippen LogP contribution < -0.4 is 0 Å². The third-order valence-corrected chi connectivity index (χ3v) is 7.96. The zero-order chi connectivity index (χ0) is 20.7. The molecular formula is C25H34N2O3. The molecule has 3 atom stereocenters. The van der Waals surface area contributed by atoms with Crippen molar-refractivity contribution in [1.82, 2.24) is 9.80 Å². The van der Waals surface area contributed by atoms with Gasteiger partial charge in [-0.2, -0.15) is 0 Å². The highest BCUT2D eigenvalue weighted by atomic mass is 16.5. The Morgan fingerprint density at radius 3 is 2.40 bits per heavy atom. The molecule has 3 saturated heterocycles. The fourth-order valence-electron chi connectivity index (χ4n) is 6.47. The van der Waals surface area contributed by atoms with Crippen molar-refractivity contribution in [2.75, 3.05) is 19.7 Å². The van der Waals surface area contributed by atoms with Crippen LogP contribution in [0.5, 0.6) is 0 Å². The van der Waals surface area contributed by atoms with Crippen LogP contribution in [0.1, 0.15) is 57.4 Å². The van der Waals surface area contributed by atoms with Crippen LogP contribution >= 0.6 is 0 Å². The molecule has 0 N–H and O–H groups in total. The summed E-state index contributed by atoms with van der Waals surface area (Å²) in [5.41, 5.74) is 0.796. The number of benzene rings is 1. The SMILES string of the molecule is CCOC(=O)[C@@]1(Cc2ccccc2)C[C@H]2CC[C@@H]1N2C1CCN(C(=O)C2CC2)CC1. The number of carbonyl (C=O) groups is 2. The van der Waals surface area contributed by atoms with Crippen LogP contribution in [-0.2, 0) is 20.7 Å². The smallest absolute Gasteiger partial charge is 0.314 e. The average Bonchev–Trinajstić information content (AvgIpc) is 3.48. The maximum atomic E-state index is 13.3. The Morgan fingerprint density at radius 1 is 1.00 bits per heavy atom. The fraction of sp³-hybridized carbons (Fsp3) is 0.680. The molecule has 5 rings (SSSR count). The number of piperidine rings is 1. The molecule has 2 bridgehead atoms. The van der Waals surface area contributed by atoms with E-state index in [1.165, 1.54) is 12.0 Å². The summed E-state index contributed by atoms with van der Waals surface area (Å²) in [5.74, 6) is 0.682. The van der Waals surface area contributed by atoms with Gasteiger partial charge in [-0.05, 0) is 63.9 Å². The molecule has 0 unspecified atom stereocenters. The van der Waals surface area contributed by atoms with Gasteiger partial charge in [-0.25, -0.2) is 0 Å². The zero-order valence-corrected chi connectivity index (χ0v) is 18.1. The Kier molecular flexibility index (Phi) is 5.34. The molecule has 1 amide bonds. The van der Waals surface area contributed by atoms with Crippen LogP contribution in [-0.4, -0.2) is 59.5 Å². The molecule has 5 nitrogen and oxygen atoms in total. The van der Waals surface area contributed by atoms with E-state index in [4.69, 9.17) is 4.74 Å². The monoisotopic (exact) mass is 410 g/mol. The van der Waals surface area contributed by atoms with E-state index in [0.717, 1.165) is 58.0 Å². The van der Waals surface area contributed by atoms with Crippen molar-refractivity contribution in [3.05, 3.63) is 35.9 Å². The molecule has 5 heteroatoms. The third kappa shape index (κ3) is 3.45. The van der Waals surface area contributed by atoms with Crippen molar-refractivity contribution >= 4 is 11.9 Å². The summed E-state index contributed by atoms with van der Waals surface area (Å²) in [6.07, 6.45) is 8.17. The first-order valence-electron chi connectivity index (χ1n) is 11.9. The van der Waals surface area contributed by atoms with Crippen molar-refractivity contribution in [1.29, 1.82) is 0 Å². The van der Waals surface area contributed by atoms with Gasteiger partial charge in [-0.1, -0.05) is 30.3 Å². The lowest BCUT2D eigenvalue weighted by atomic mass is 9.70. The van der Waals surface area contributed by atoms with E-state index in [1.54, 1.807) is 0 Å². The topological polar surface area (TPSA) is 49.9 Å². The third-order valence-electron chi connectivity index (χ3n) is 7.96. The number of esters is 1. The summed E-state index contributed by atoms with van der Waals surface area (Å²) in [6.45, 7) is 4.10. The Labute approximate surface area is 179 Å². The minimum absolute atomic E-state index is 0.00704. The lowest BCUT2D eigenvalue weighted by Gasteiger charge is -2.41. The largest absolute Gasteiger partial charge is 0.466 e. The number of rotatable bonds is 6. The van der Waals surface area contributed by atoms with Gasteiger partial charge in [0.1, 0.15) is 0 Å². The van der Waals surface area contributed by atoms with Gasteiger partial charge in [-0.3, -0.25) is 14.5 Å². The Bertz CT molecular complexity index is 785. The summed E-state index contributed by atoms with van der Waals surface area (Å²) >= 11 is 0. The Hall–Kier alpha value is -1.88. The highest BCUT2D eigenvalue weighted by molar-refractivity contribution is 5.81.